The third kappa shape index (κ3) is 6.48. The molecule has 1 aliphatic carbocycles. The van der Waals surface area contributed by atoms with Gasteiger partial charge < -0.3 is 30.6 Å². The Balaban J connectivity index is 1.86. The molecule has 0 spiro atoms. The molecule has 1 saturated carbocycles. The van der Waals surface area contributed by atoms with Crippen LogP contribution in [0.5, 0.6) is 11.5 Å². The molecular weight excluding hydrogens is 409 g/mol. The van der Waals surface area contributed by atoms with E-state index in [0.29, 0.717) is 43.7 Å². The van der Waals surface area contributed by atoms with Gasteiger partial charge in [0.1, 0.15) is 0 Å². The number of guanidine groups is 1. The lowest BCUT2D eigenvalue weighted by molar-refractivity contribution is -0.124. The molecule has 0 bridgehead atoms. The zero-order chi connectivity index (χ0) is 23.0. The van der Waals surface area contributed by atoms with Crippen LogP contribution >= 0.6 is 0 Å². The smallest absolute Gasteiger partial charge is 0.493 e. The maximum Gasteiger partial charge on any atom is 0.598 e. The summed E-state index contributed by atoms with van der Waals surface area (Å²) in [7, 11) is 0.856. The van der Waals surface area contributed by atoms with Crippen LogP contribution in [0.2, 0.25) is 0 Å². The fourth-order valence-electron chi connectivity index (χ4n) is 3.45. The molecule has 31 heavy (non-hydrogen) atoms. The van der Waals surface area contributed by atoms with Crippen molar-refractivity contribution in [1.82, 2.24) is 15.6 Å². The molecule has 12 nitrogen and oxygen atoms in total. The van der Waals surface area contributed by atoms with E-state index < -0.39 is 19.2 Å². The summed E-state index contributed by atoms with van der Waals surface area (Å²) in [6.45, 7) is 0.446. The van der Waals surface area contributed by atoms with Gasteiger partial charge in [0, 0.05) is 12.5 Å². The Bertz CT molecular complexity index is 808. The highest BCUT2D eigenvalue weighted by molar-refractivity contribution is 6.47. The second-order valence-electron chi connectivity index (χ2n) is 7.01. The number of hydroxylamine groups is 1. The summed E-state index contributed by atoms with van der Waals surface area (Å²) in [5.74, 6) is 0.407. The lowest BCUT2D eigenvalue weighted by Gasteiger charge is -2.20. The fourth-order valence-corrected chi connectivity index (χ4v) is 3.45. The average molecular weight is 437 g/mol. The van der Waals surface area contributed by atoms with Crippen molar-refractivity contribution in [3.8, 4) is 11.5 Å². The largest absolute Gasteiger partial charge is 0.598 e. The standard InChI is InChI=1S/C18H28BN5O7/c1-30-14-6-3-11(9-15(14)31-2)7-8-21-16(25)12-4-5-13(10-12)22-17(20)24(19(27)28)18(26)23-29/h3,6,9,12-13,27-29H,4-5,7-8,10H2,1-2H3,(H2,20,22)(H,21,25)(H,23,26). The van der Waals surface area contributed by atoms with Gasteiger partial charge in [0.2, 0.25) is 5.91 Å². The molecule has 0 saturated heterocycles. The van der Waals surface area contributed by atoms with Crippen LogP contribution in [-0.4, -0.2) is 72.0 Å². The van der Waals surface area contributed by atoms with Gasteiger partial charge >= 0.3 is 13.3 Å². The first kappa shape index (κ1) is 24.2. The van der Waals surface area contributed by atoms with E-state index in [1.807, 2.05) is 18.2 Å². The zero-order valence-electron chi connectivity index (χ0n) is 17.4. The number of carbonyl (C=O) groups is 2. The number of methoxy groups -OCH3 is 2. The van der Waals surface area contributed by atoms with Crippen LogP contribution in [0.3, 0.4) is 0 Å². The molecule has 0 aliphatic heterocycles. The van der Waals surface area contributed by atoms with Crippen molar-refractivity contribution in [2.75, 3.05) is 20.8 Å². The van der Waals surface area contributed by atoms with Gasteiger partial charge in [-0.2, -0.15) is 0 Å². The SMILES string of the molecule is COc1ccc(CCNC(=O)C2CCC(N=C(N)N(B(O)O)C(=O)NO)C2)cc1OC. The van der Waals surface area contributed by atoms with Crippen LogP contribution in [0.4, 0.5) is 4.79 Å². The summed E-state index contributed by atoms with van der Waals surface area (Å²) in [5, 5.41) is 30.0. The fraction of sp³-hybridized carbons (Fsp3) is 0.500. The molecule has 2 atom stereocenters. The Morgan fingerprint density at radius 3 is 2.58 bits per heavy atom. The van der Waals surface area contributed by atoms with E-state index in [-0.39, 0.29) is 22.7 Å². The number of amides is 3. The highest BCUT2D eigenvalue weighted by atomic mass is 16.5. The van der Waals surface area contributed by atoms with Gasteiger partial charge in [0.15, 0.2) is 17.5 Å². The second kappa shape index (κ2) is 11.4. The van der Waals surface area contributed by atoms with Crippen LogP contribution < -0.4 is 26.0 Å². The van der Waals surface area contributed by atoms with Crippen LogP contribution in [0.25, 0.3) is 0 Å². The molecule has 170 valence electrons. The van der Waals surface area contributed by atoms with E-state index in [4.69, 9.17) is 20.4 Å². The molecule has 0 heterocycles. The predicted octanol–water partition coefficient (Wildman–Crippen LogP) is -0.784. The number of carbonyl (C=O) groups excluding carboxylic acids is 2. The van der Waals surface area contributed by atoms with E-state index in [0.717, 1.165) is 5.56 Å². The molecule has 7 N–H and O–H groups in total. The molecule has 2 unspecified atom stereocenters. The summed E-state index contributed by atoms with van der Waals surface area (Å²) < 4.78 is 10.5. The second-order valence-corrected chi connectivity index (χ2v) is 7.01. The minimum absolute atomic E-state index is 0.108. The average Bonchev–Trinajstić information content (AvgIpc) is 3.21. The molecule has 13 heteroatoms. The quantitative estimate of drug-likeness (QED) is 0.101. The van der Waals surface area contributed by atoms with Crippen LogP contribution in [-0.2, 0) is 11.2 Å². The maximum absolute atomic E-state index is 12.5. The lowest BCUT2D eigenvalue weighted by Crippen LogP contribution is -2.55. The Kier molecular flexibility index (Phi) is 8.91. The van der Waals surface area contributed by atoms with Gasteiger partial charge in [-0.25, -0.2) is 10.3 Å². The molecule has 1 aromatic carbocycles. The van der Waals surface area contributed by atoms with Crippen molar-refractivity contribution >= 4 is 25.2 Å². The van der Waals surface area contributed by atoms with Gasteiger partial charge in [-0.1, -0.05) is 6.07 Å². The number of urea groups is 1. The van der Waals surface area contributed by atoms with Gasteiger partial charge in [0.25, 0.3) is 0 Å². The van der Waals surface area contributed by atoms with Crippen molar-refractivity contribution in [2.24, 2.45) is 16.6 Å². The molecule has 0 aromatic heterocycles. The molecule has 2 rings (SSSR count). The lowest BCUT2D eigenvalue weighted by atomic mass is 10.1. The monoisotopic (exact) mass is 437 g/mol. The van der Waals surface area contributed by atoms with Crippen molar-refractivity contribution in [1.29, 1.82) is 0 Å². The Labute approximate surface area is 180 Å². The van der Waals surface area contributed by atoms with Crippen molar-refractivity contribution < 1.29 is 34.3 Å². The first-order chi connectivity index (χ1) is 14.8. The molecule has 0 radical (unpaired) electrons. The van der Waals surface area contributed by atoms with Crippen LogP contribution in [0.1, 0.15) is 24.8 Å². The third-order valence-corrected chi connectivity index (χ3v) is 5.04. The van der Waals surface area contributed by atoms with Crippen LogP contribution in [0, 0.1) is 5.92 Å². The van der Waals surface area contributed by atoms with Crippen LogP contribution in [0.15, 0.2) is 23.2 Å². The van der Waals surface area contributed by atoms with E-state index in [1.54, 1.807) is 14.2 Å². The Morgan fingerprint density at radius 1 is 1.26 bits per heavy atom. The number of benzene rings is 1. The summed E-state index contributed by atoms with van der Waals surface area (Å²) in [5.41, 5.74) is 7.90. The van der Waals surface area contributed by atoms with E-state index in [2.05, 4.69) is 10.3 Å². The predicted molar refractivity (Wildman–Crippen MR) is 111 cm³/mol. The molecular formula is C18H28BN5O7. The van der Waals surface area contributed by atoms with Gasteiger partial charge in [-0.15, -0.1) is 0 Å². The molecule has 1 aliphatic rings. The summed E-state index contributed by atoms with van der Waals surface area (Å²) in [6, 6.07) is 3.97. The number of rotatable bonds is 8. The minimum atomic E-state index is -2.27. The maximum atomic E-state index is 12.5. The highest BCUT2D eigenvalue weighted by Crippen LogP contribution is 2.29. The zero-order valence-corrected chi connectivity index (χ0v) is 17.4. The first-order valence-electron chi connectivity index (χ1n) is 9.72. The third-order valence-electron chi connectivity index (χ3n) is 5.04. The Morgan fingerprint density at radius 2 is 1.97 bits per heavy atom. The first-order valence-corrected chi connectivity index (χ1v) is 9.72. The Hall–Kier alpha value is -3.03. The van der Waals surface area contributed by atoms with E-state index in [1.165, 1.54) is 5.48 Å². The molecule has 1 aromatic rings. The number of hydrogen-bond acceptors (Lipinski definition) is 8. The van der Waals surface area contributed by atoms with Gasteiger partial charge in [-0.3, -0.25) is 19.8 Å². The number of nitrogens with zero attached hydrogens (tertiary/aromatic N) is 2. The van der Waals surface area contributed by atoms with Crippen molar-refractivity contribution in [3.63, 3.8) is 0 Å². The van der Waals surface area contributed by atoms with Crippen molar-refractivity contribution in [2.45, 2.75) is 31.7 Å². The normalized spacial score (nSPS) is 18.3. The number of aliphatic imine (C=N–C) groups is 1. The molecule has 3 amide bonds. The summed E-state index contributed by atoms with van der Waals surface area (Å²) in [4.78, 5) is 28.3. The highest BCUT2D eigenvalue weighted by Gasteiger charge is 2.33. The number of nitrogens with two attached hydrogens (primary N) is 1. The summed E-state index contributed by atoms with van der Waals surface area (Å²) >= 11 is 0. The topological polar surface area (TPSA) is 179 Å². The van der Waals surface area contributed by atoms with Gasteiger partial charge in [0.05, 0.1) is 20.3 Å². The molecule has 1 fully saturated rings. The number of nitrogens with one attached hydrogen (secondary N) is 2. The number of hydrogen-bond donors (Lipinski definition) is 6. The van der Waals surface area contributed by atoms with Gasteiger partial charge in [-0.05, 0) is 43.4 Å². The van der Waals surface area contributed by atoms with E-state index >= 15 is 0 Å². The van der Waals surface area contributed by atoms with E-state index in [9.17, 15) is 19.6 Å². The minimum Gasteiger partial charge on any atom is -0.493 e. The summed E-state index contributed by atoms with van der Waals surface area (Å²) in [6.07, 6.45) is 2.15. The van der Waals surface area contributed by atoms with Crippen molar-refractivity contribution in [3.05, 3.63) is 23.8 Å². The number of ether oxygens (including phenoxy) is 2.